The van der Waals surface area contributed by atoms with Crippen molar-refractivity contribution >= 4 is 28.9 Å². The lowest BCUT2D eigenvalue weighted by Gasteiger charge is -2.19. The Labute approximate surface area is 127 Å². The molecule has 0 bridgehead atoms. The predicted octanol–water partition coefficient (Wildman–Crippen LogP) is 3.60. The van der Waals surface area contributed by atoms with E-state index >= 15 is 0 Å². The topological polar surface area (TPSA) is 75.9 Å². The molecule has 0 saturated heterocycles. The van der Waals surface area contributed by atoms with Gasteiger partial charge in [0.2, 0.25) is 0 Å². The van der Waals surface area contributed by atoms with E-state index in [4.69, 9.17) is 17.4 Å². The number of benzene rings is 1. The van der Waals surface area contributed by atoms with Crippen LogP contribution in [0.1, 0.15) is 26.6 Å². The highest BCUT2D eigenvalue weighted by molar-refractivity contribution is 6.30. The fourth-order valence-corrected chi connectivity index (χ4v) is 1.82. The molecule has 0 unspecified atom stereocenters. The molecule has 0 spiro atoms. The van der Waals surface area contributed by atoms with Crippen LogP contribution in [0.5, 0.6) is 0 Å². The van der Waals surface area contributed by atoms with Gasteiger partial charge in [0.1, 0.15) is 23.3 Å². The second-order valence-electron chi connectivity index (χ2n) is 5.61. The van der Waals surface area contributed by atoms with Crippen LogP contribution >= 0.6 is 11.6 Å². The predicted molar refractivity (Wildman–Crippen MR) is 83.2 cm³/mol. The van der Waals surface area contributed by atoms with Crippen LogP contribution in [0.3, 0.4) is 0 Å². The minimum atomic E-state index is -0.419. The lowest BCUT2D eigenvalue weighted by Crippen LogP contribution is -2.19. The first-order valence-corrected chi connectivity index (χ1v) is 6.75. The third-order valence-electron chi connectivity index (χ3n) is 2.74. The first-order valence-electron chi connectivity index (χ1n) is 6.38. The van der Waals surface area contributed by atoms with E-state index in [1.165, 1.54) is 18.2 Å². The van der Waals surface area contributed by atoms with Crippen molar-refractivity contribution < 1.29 is 4.39 Å². The Balaban J connectivity index is 2.42. The molecule has 0 atom stereocenters. The molecule has 4 N–H and O–H groups in total. The van der Waals surface area contributed by atoms with Gasteiger partial charge in [-0.1, -0.05) is 32.4 Å². The van der Waals surface area contributed by atoms with Crippen LogP contribution < -0.4 is 16.6 Å². The Bertz CT molecular complexity index is 654. The second-order valence-corrected chi connectivity index (χ2v) is 6.04. The van der Waals surface area contributed by atoms with Gasteiger partial charge in [0, 0.05) is 16.5 Å². The fraction of sp³-hybridized carbons (Fsp3) is 0.286. The maximum atomic E-state index is 13.8. The number of nitrogens with two attached hydrogens (primary N) is 1. The molecule has 0 aliphatic carbocycles. The van der Waals surface area contributed by atoms with Crippen molar-refractivity contribution in [2.45, 2.75) is 26.2 Å². The van der Waals surface area contributed by atoms with E-state index in [2.05, 4.69) is 20.7 Å². The zero-order valence-corrected chi connectivity index (χ0v) is 12.8. The van der Waals surface area contributed by atoms with Crippen LogP contribution in [0.15, 0.2) is 24.3 Å². The number of nitrogens with zero attached hydrogens (tertiary/aromatic N) is 2. The van der Waals surface area contributed by atoms with E-state index in [0.29, 0.717) is 22.5 Å². The number of anilines is 3. The van der Waals surface area contributed by atoms with E-state index in [-0.39, 0.29) is 11.1 Å². The molecule has 7 heteroatoms. The van der Waals surface area contributed by atoms with Gasteiger partial charge in [-0.05, 0) is 18.2 Å². The second kappa shape index (κ2) is 5.83. The maximum absolute atomic E-state index is 13.8. The average molecular weight is 310 g/mol. The van der Waals surface area contributed by atoms with E-state index in [0.717, 1.165) is 0 Å². The van der Waals surface area contributed by atoms with Crippen molar-refractivity contribution in [2.24, 2.45) is 5.84 Å². The quantitative estimate of drug-likeness (QED) is 0.596. The number of rotatable bonds is 3. The molecule has 2 rings (SSSR count). The zero-order valence-electron chi connectivity index (χ0n) is 12.0. The standard InChI is InChI=1S/C14H17ClFN5/c1-14(2,3)13-19-11(7-12(20-13)21-17)18-10-6-8(15)4-5-9(10)16/h4-7H,17H2,1-3H3,(H2,18,19,20,21). The van der Waals surface area contributed by atoms with Crippen molar-refractivity contribution in [3.05, 3.63) is 40.9 Å². The summed E-state index contributed by atoms with van der Waals surface area (Å²) in [4.78, 5) is 8.69. The summed E-state index contributed by atoms with van der Waals surface area (Å²) in [5.74, 6) is 6.46. The van der Waals surface area contributed by atoms with Gasteiger partial charge in [-0.3, -0.25) is 0 Å². The van der Waals surface area contributed by atoms with Crippen LogP contribution in [0.4, 0.5) is 21.7 Å². The summed E-state index contributed by atoms with van der Waals surface area (Å²) in [6.45, 7) is 5.94. The summed E-state index contributed by atoms with van der Waals surface area (Å²) in [6.07, 6.45) is 0. The van der Waals surface area contributed by atoms with Crippen LogP contribution in [-0.2, 0) is 5.41 Å². The summed E-state index contributed by atoms with van der Waals surface area (Å²) in [6, 6.07) is 5.86. The van der Waals surface area contributed by atoms with Crippen molar-refractivity contribution in [3.8, 4) is 0 Å². The van der Waals surface area contributed by atoms with Crippen LogP contribution in [0.25, 0.3) is 0 Å². The van der Waals surface area contributed by atoms with Gasteiger partial charge in [0.05, 0.1) is 5.69 Å². The highest BCUT2D eigenvalue weighted by Gasteiger charge is 2.19. The molecule has 0 aliphatic rings. The number of halogens is 2. The van der Waals surface area contributed by atoms with Crippen molar-refractivity contribution in [3.63, 3.8) is 0 Å². The van der Waals surface area contributed by atoms with Gasteiger partial charge in [0.25, 0.3) is 0 Å². The van der Waals surface area contributed by atoms with Crippen molar-refractivity contribution in [1.29, 1.82) is 0 Å². The van der Waals surface area contributed by atoms with Gasteiger partial charge in [0.15, 0.2) is 0 Å². The molecule has 0 fully saturated rings. The first-order chi connectivity index (χ1) is 9.79. The van der Waals surface area contributed by atoms with Gasteiger partial charge < -0.3 is 10.7 Å². The van der Waals surface area contributed by atoms with Crippen LogP contribution in [0, 0.1) is 5.82 Å². The van der Waals surface area contributed by atoms with E-state index < -0.39 is 5.82 Å². The zero-order chi connectivity index (χ0) is 15.6. The summed E-state index contributed by atoms with van der Waals surface area (Å²) < 4.78 is 13.8. The molecular formula is C14H17ClFN5. The normalized spacial score (nSPS) is 11.3. The van der Waals surface area contributed by atoms with E-state index in [1.54, 1.807) is 6.07 Å². The van der Waals surface area contributed by atoms with Gasteiger partial charge in [-0.25, -0.2) is 20.2 Å². The summed E-state index contributed by atoms with van der Waals surface area (Å²) >= 11 is 5.87. The number of nitrogens with one attached hydrogen (secondary N) is 2. The Morgan fingerprint density at radius 3 is 2.43 bits per heavy atom. The van der Waals surface area contributed by atoms with Crippen molar-refractivity contribution in [1.82, 2.24) is 9.97 Å². The summed E-state index contributed by atoms with van der Waals surface area (Å²) in [5.41, 5.74) is 2.45. The molecule has 1 aromatic heterocycles. The number of hydrogen-bond acceptors (Lipinski definition) is 5. The van der Waals surface area contributed by atoms with Gasteiger partial charge in [-0.15, -0.1) is 0 Å². The molecule has 0 amide bonds. The number of aromatic nitrogens is 2. The minimum Gasteiger partial charge on any atom is -0.338 e. The van der Waals surface area contributed by atoms with Gasteiger partial charge >= 0.3 is 0 Å². The number of hydrazine groups is 1. The molecule has 0 aliphatic heterocycles. The van der Waals surface area contributed by atoms with E-state index in [9.17, 15) is 4.39 Å². The fourth-order valence-electron chi connectivity index (χ4n) is 1.65. The molecular weight excluding hydrogens is 293 g/mol. The largest absolute Gasteiger partial charge is 0.338 e. The molecule has 1 aromatic carbocycles. The maximum Gasteiger partial charge on any atom is 0.146 e. The molecule has 5 nitrogen and oxygen atoms in total. The van der Waals surface area contributed by atoms with Crippen molar-refractivity contribution in [2.75, 3.05) is 10.7 Å². The third kappa shape index (κ3) is 3.80. The third-order valence-corrected chi connectivity index (χ3v) is 2.97. The van der Waals surface area contributed by atoms with Gasteiger partial charge in [-0.2, -0.15) is 0 Å². The minimum absolute atomic E-state index is 0.240. The lowest BCUT2D eigenvalue weighted by molar-refractivity contribution is 0.547. The van der Waals surface area contributed by atoms with Crippen LogP contribution in [0.2, 0.25) is 5.02 Å². The molecule has 0 radical (unpaired) electrons. The first kappa shape index (κ1) is 15.5. The Morgan fingerprint density at radius 2 is 1.81 bits per heavy atom. The molecule has 0 saturated carbocycles. The highest BCUT2D eigenvalue weighted by atomic mass is 35.5. The number of hydrogen-bond donors (Lipinski definition) is 3. The van der Waals surface area contributed by atoms with Crippen LogP contribution in [-0.4, -0.2) is 9.97 Å². The Morgan fingerprint density at radius 1 is 1.14 bits per heavy atom. The Kier molecular flexibility index (Phi) is 4.29. The number of nitrogen functional groups attached to an aromatic ring is 1. The monoisotopic (exact) mass is 309 g/mol. The van der Waals surface area contributed by atoms with E-state index in [1.807, 2.05) is 20.8 Å². The molecule has 2 aromatic rings. The molecule has 1 heterocycles. The summed E-state index contributed by atoms with van der Waals surface area (Å²) in [5, 5.41) is 3.33. The Hall–Kier alpha value is -1.92. The highest BCUT2D eigenvalue weighted by Crippen LogP contribution is 2.26. The molecule has 21 heavy (non-hydrogen) atoms. The average Bonchev–Trinajstić information content (AvgIpc) is 2.41. The smallest absolute Gasteiger partial charge is 0.146 e. The summed E-state index contributed by atoms with van der Waals surface area (Å²) in [7, 11) is 0. The SMILES string of the molecule is CC(C)(C)c1nc(NN)cc(Nc2cc(Cl)ccc2F)n1. The molecule has 112 valence electrons. The lowest BCUT2D eigenvalue weighted by atomic mass is 9.96.